The number of carboxylic acids is 1. The third-order valence-corrected chi connectivity index (χ3v) is 2.29. The lowest BCUT2D eigenvalue weighted by Crippen LogP contribution is -2.40. The molecule has 2 atom stereocenters. The summed E-state index contributed by atoms with van der Waals surface area (Å²) in [5.74, 6) is -1.64. The maximum atomic E-state index is 11.3. The molecule has 1 N–H and O–H groups in total. The zero-order valence-electron chi connectivity index (χ0n) is 9.00. The van der Waals surface area contributed by atoms with Crippen molar-refractivity contribution in [1.82, 2.24) is 4.90 Å². The molecule has 1 aliphatic heterocycles. The summed E-state index contributed by atoms with van der Waals surface area (Å²) in [4.78, 5) is 33.9. The van der Waals surface area contributed by atoms with Gasteiger partial charge in [-0.1, -0.05) is 0 Å². The van der Waals surface area contributed by atoms with Crippen LogP contribution in [-0.4, -0.2) is 53.8 Å². The highest BCUT2D eigenvalue weighted by atomic mass is 16.6. The number of hydrogen-bond donors (Lipinski definition) is 1. The van der Waals surface area contributed by atoms with Gasteiger partial charge in [0.15, 0.2) is 0 Å². The predicted molar refractivity (Wildman–Crippen MR) is 50.7 cm³/mol. The molecule has 90 valence electrons. The Morgan fingerprint density at radius 1 is 1.38 bits per heavy atom. The van der Waals surface area contributed by atoms with Crippen molar-refractivity contribution in [3.8, 4) is 0 Å². The molecule has 1 fully saturated rings. The molecule has 0 spiro atoms. The Morgan fingerprint density at radius 3 is 2.44 bits per heavy atom. The van der Waals surface area contributed by atoms with Crippen molar-refractivity contribution in [2.24, 2.45) is 0 Å². The largest absolute Gasteiger partial charge is 0.480 e. The van der Waals surface area contributed by atoms with E-state index in [0.29, 0.717) is 0 Å². The van der Waals surface area contributed by atoms with Gasteiger partial charge in [0.2, 0.25) is 0 Å². The first-order valence-corrected chi connectivity index (χ1v) is 4.70. The molecule has 1 saturated heterocycles. The van der Waals surface area contributed by atoms with Crippen LogP contribution in [0, 0.1) is 0 Å². The van der Waals surface area contributed by atoms with E-state index in [0.717, 1.165) is 4.90 Å². The van der Waals surface area contributed by atoms with Crippen molar-refractivity contribution < 1.29 is 29.0 Å². The number of methoxy groups -OCH3 is 1. The number of ether oxygens (including phenoxy) is 2. The van der Waals surface area contributed by atoms with Gasteiger partial charge in [0.1, 0.15) is 12.1 Å². The maximum Gasteiger partial charge on any atom is 0.410 e. The average Bonchev–Trinajstić information content (AvgIpc) is 2.59. The number of esters is 1. The molecule has 0 bridgehead atoms. The summed E-state index contributed by atoms with van der Waals surface area (Å²) in [6.45, 7) is 1.28. The molecule has 1 rings (SSSR count). The van der Waals surface area contributed by atoms with Crippen LogP contribution < -0.4 is 0 Å². The molecule has 1 aliphatic rings. The first-order valence-electron chi connectivity index (χ1n) is 4.70. The summed E-state index contributed by atoms with van der Waals surface area (Å²) in [5.41, 5.74) is 0. The molecule has 7 nitrogen and oxygen atoms in total. The topological polar surface area (TPSA) is 93.1 Å². The van der Waals surface area contributed by atoms with Crippen LogP contribution in [0.5, 0.6) is 0 Å². The molecule has 0 aliphatic carbocycles. The molecule has 1 heterocycles. The lowest BCUT2D eigenvalue weighted by molar-refractivity contribution is -0.146. The van der Waals surface area contributed by atoms with E-state index in [1.807, 2.05) is 0 Å². The number of amides is 1. The van der Waals surface area contributed by atoms with Crippen LogP contribution in [0.4, 0.5) is 4.79 Å². The number of carboxylic acid groups (broad SMARTS) is 1. The molecule has 0 aromatic carbocycles. The van der Waals surface area contributed by atoms with Gasteiger partial charge in [0, 0.05) is 13.3 Å². The van der Waals surface area contributed by atoms with Gasteiger partial charge in [-0.2, -0.15) is 0 Å². The van der Waals surface area contributed by atoms with Crippen LogP contribution in [0.3, 0.4) is 0 Å². The average molecular weight is 231 g/mol. The zero-order valence-corrected chi connectivity index (χ0v) is 9.00. The molecular weight excluding hydrogens is 218 g/mol. The van der Waals surface area contributed by atoms with E-state index in [-0.39, 0.29) is 13.0 Å². The van der Waals surface area contributed by atoms with Crippen LogP contribution >= 0.6 is 0 Å². The van der Waals surface area contributed by atoms with E-state index in [1.165, 1.54) is 14.0 Å². The van der Waals surface area contributed by atoms with Gasteiger partial charge in [-0.05, 0) is 0 Å². The fourth-order valence-electron chi connectivity index (χ4n) is 1.67. The van der Waals surface area contributed by atoms with E-state index in [1.54, 1.807) is 0 Å². The molecule has 0 saturated carbocycles. The molecule has 1 amide bonds. The number of nitrogens with zero attached hydrogens (tertiary/aromatic N) is 1. The predicted octanol–water partition coefficient (Wildman–Crippen LogP) is -0.157. The Hall–Kier alpha value is -1.79. The highest BCUT2D eigenvalue weighted by molar-refractivity contribution is 5.81. The fourth-order valence-corrected chi connectivity index (χ4v) is 1.67. The van der Waals surface area contributed by atoms with Crippen LogP contribution in [0.25, 0.3) is 0 Å². The zero-order chi connectivity index (χ0) is 12.3. The second kappa shape index (κ2) is 4.82. The summed E-state index contributed by atoms with van der Waals surface area (Å²) in [6, 6.07) is -1.00. The Morgan fingerprint density at radius 2 is 2.00 bits per heavy atom. The van der Waals surface area contributed by atoms with Crippen LogP contribution in [0.15, 0.2) is 0 Å². The molecule has 0 aromatic heterocycles. The van der Waals surface area contributed by atoms with Crippen molar-refractivity contribution in [2.45, 2.75) is 25.5 Å². The highest BCUT2D eigenvalue weighted by Crippen LogP contribution is 2.21. The molecule has 0 aromatic rings. The first kappa shape index (κ1) is 12.3. The van der Waals surface area contributed by atoms with Gasteiger partial charge < -0.3 is 14.6 Å². The minimum Gasteiger partial charge on any atom is -0.480 e. The van der Waals surface area contributed by atoms with Crippen LogP contribution in [0.2, 0.25) is 0 Å². The van der Waals surface area contributed by atoms with Crippen molar-refractivity contribution in [3.63, 3.8) is 0 Å². The summed E-state index contributed by atoms with van der Waals surface area (Å²) in [5, 5.41) is 8.89. The lowest BCUT2D eigenvalue weighted by atomic mass is 10.2. The van der Waals surface area contributed by atoms with Crippen molar-refractivity contribution in [2.75, 3.05) is 13.7 Å². The first-order chi connectivity index (χ1) is 7.45. The normalized spacial score (nSPS) is 24.0. The number of likely N-dealkylation sites (tertiary alicyclic amines) is 1. The number of aliphatic carboxylic acids is 1. The van der Waals surface area contributed by atoms with E-state index >= 15 is 0 Å². The van der Waals surface area contributed by atoms with Crippen LogP contribution in [-0.2, 0) is 19.1 Å². The third kappa shape index (κ3) is 2.62. The molecule has 7 heteroatoms. The Labute approximate surface area is 91.9 Å². The monoisotopic (exact) mass is 231 g/mol. The number of carbonyl (C=O) groups excluding carboxylic acids is 2. The third-order valence-electron chi connectivity index (χ3n) is 2.29. The number of carbonyl (C=O) groups is 3. The standard InChI is InChI=1S/C9H13NO6/c1-5(11)16-6-3-7(8(12)13)10(4-6)9(14)15-2/h6-7H,3-4H2,1-2H3,(H,12,13)/t6-,7?/m1/s1. The summed E-state index contributed by atoms with van der Waals surface area (Å²) in [7, 11) is 1.17. The number of hydrogen-bond acceptors (Lipinski definition) is 5. The molecule has 16 heavy (non-hydrogen) atoms. The lowest BCUT2D eigenvalue weighted by Gasteiger charge is -2.18. The van der Waals surface area contributed by atoms with Crippen molar-refractivity contribution in [1.29, 1.82) is 0 Å². The quantitative estimate of drug-likeness (QED) is 0.664. The Kier molecular flexibility index (Phi) is 3.70. The van der Waals surface area contributed by atoms with E-state index in [9.17, 15) is 14.4 Å². The minimum absolute atomic E-state index is 0.0449. The molecule has 1 unspecified atom stereocenters. The second-order valence-corrected chi connectivity index (χ2v) is 3.44. The van der Waals surface area contributed by atoms with Gasteiger partial charge in [0.05, 0.1) is 13.7 Å². The SMILES string of the molecule is COC(=O)N1C[C@H](OC(C)=O)CC1C(=O)O. The van der Waals surface area contributed by atoms with Gasteiger partial charge in [-0.15, -0.1) is 0 Å². The summed E-state index contributed by atoms with van der Waals surface area (Å²) in [6.07, 6.45) is -1.23. The second-order valence-electron chi connectivity index (χ2n) is 3.44. The summed E-state index contributed by atoms with van der Waals surface area (Å²) >= 11 is 0. The van der Waals surface area contributed by atoms with Gasteiger partial charge >= 0.3 is 18.0 Å². The van der Waals surface area contributed by atoms with Crippen LogP contribution in [0.1, 0.15) is 13.3 Å². The molecule has 0 radical (unpaired) electrons. The van der Waals surface area contributed by atoms with Gasteiger partial charge in [-0.25, -0.2) is 9.59 Å². The van der Waals surface area contributed by atoms with Crippen molar-refractivity contribution in [3.05, 3.63) is 0 Å². The Bertz CT molecular complexity index is 315. The number of rotatable bonds is 2. The van der Waals surface area contributed by atoms with E-state index in [4.69, 9.17) is 9.84 Å². The smallest absolute Gasteiger partial charge is 0.410 e. The van der Waals surface area contributed by atoms with Crippen molar-refractivity contribution >= 4 is 18.0 Å². The van der Waals surface area contributed by atoms with E-state index < -0.39 is 30.2 Å². The Balaban J connectivity index is 2.71. The summed E-state index contributed by atoms with van der Waals surface area (Å²) < 4.78 is 9.32. The fraction of sp³-hybridized carbons (Fsp3) is 0.667. The van der Waals surface area contributed by atoms with Gasteiger partial charge in [0.25, 0.3) is 0 Å². The molecular formula is C9H13NO6. The van der Waals surface area contributed by atoms with E-state index in [2.05, 4.69) is 4.74 Å². The highest BCUT2D eigenvalue weighted by Gasteiger charge is 2.41. The minimum atomic E-state index is -1.14. The van der Waals surface area contributed by atoms with Gasteiger partial charge in [-0.3, -0.25) is 9.69 Å². The maximum absolute atomic E-state index is 11.3.